The Morgan fingerprint density at radius 2 is 1.94 bits per heavy atom. The molecule has 1 fully saturated rings. The van der Waals surface area contributed by atoms with Crippen LogP contribution in [0.15, 0.2) is 0 Å². The zero-order valence-corrected chi connectivity index (χ0v) is 10.8. The number of nitrogens with zero attached hydrogens (tertiary/aromatic N) is 1. The Morgan fingerprint density at radius 1 is 1.39 bits per heavy atom. The van der Waals surface area contributed by atoms with Crippen molar-refractivity contribution in [3.05, 3.63) is 0 Å². The molecule has 1 aliphatic rings. The van der Waals surface area contributed by atoms with E-state index in [1.165, 1.54) is 18.7 Å². The lowest BCUT2D eigenvalue weighted by molar-refractivity contribution is -0.143. The summed E-state index contributed by atoms with van der Waals surface area (Å²) >= 11 is 0. The number of primary amides is 1. The monoisotopic (exact) mass is 257 g/mol. The van der Waals surface area contributed by atoms with Gasteiger partial charge in [0.1, 0.15) is 5.54 Å². The lowest BCUT2D eigenvalue weighted by Crippen LogP contribution is -2.54. The molecule has 1 saturated heterocycles. The SMILES string of the molecule is CC1(C(N)=O)CCN(C(=O)NC(C)(C)C(=O)O)C1. The largest absolute Gasteiger partial charge is 0.480 e. The van der Waals surface area contributed by atoms with E-state index < -0.39 is 28.9 Å². The molecule has 0 aromatic rings. The summed E-state index contributed by atoms with van der Waals surface area (Å²) in [5, 5.41) is 11.3. The maximum Gasteiger partial charge on any atom is 0.328 e. The molecule has 0 aromatic heterocycles. The fourth-order valence-corrected chi connectivity index (χ4v) is 1.74. The molecule has 0 spiro atoms. The number of hydrogen-bond acceptors (Lipinski definition) is 3. The minimum Gasteiger partial charge on any atom is -0.480 e. The predicted molar refractivity (Wildman–Crippen MR) is 63.7 cm³/mol. The summed E-state index contributed by atoms with van der Waals surface area (Å²) in [6.07, 6.45) is 0.489. The zero-order valence-electron chi connectivity index (χ0n) is 10.8. The Labute approximate surface area is 105 Å². The Kier molecular flexibility index (Phi) is 3.54. The number of nitrogens with two attached hydrogens (primary N) is 1. The molecular formula is C11H19N3O4. The molecule has 1 atom stereocenters. The van der Waals surface area contributed by atoms with E-state index in [2.05, 4.69) is 5.32 Å². The highest BCUT2D eigenvalue weighted by Crippen LogP contribution is 2.29. The first-order valence-electron chi connectivity index (χ1n) is 5.69. The van der Waals surface area contributed by atoms with Crippen LogP contribution < -0.4 is 11.1 Å². The van der Waals surface area contributed by atoms with Crippen molar-refractivity contribution in [1.29, 1.82) is 0 Å². The van der Waals surface area contributed by atoms with Crippen molar-refractivity contribution < 1.29 is 19.5 Å². The maximum absolute atomic E-state index is 11.9. The van der Waals surface area contributed by atoms with Crippen LogP contribution in [0, 0.1) is 5.41 Å². The molecule has 0 bridgehead atoms. The van der Waals surface area contributed by atoms with E-state index in [0.717, 1.165) is 0 Å². The molecule has 1 heterocycles. The van der Waals surface area contributed by atoms with Gasteiger partial charge in [0.25, 0.3) is 0 Å². The van der Waals surface area contributed by atoms with Crippen LogP contribution in [0.3, 0.4) is 0 Å². The van der Waals surface area contributed by atoms with Crippen molar-refractivity contribution in [2.45, 2.75) is 32.7 Å². The smallest absolute Gasteiger partial charge is 0.328 e. The summed E-state index contributed by atoms with van der Waals surface area (Å²) in [5.74, 6) is -1.57. The molecule has 0 aliphatic carbocycles. The topological polar surface area (TPSA) is 113 Å². The molecule has 102 valence electrons. The van der Waals surface area contributed by atoms with E-state index in [-0.39, 0.29) is 6.54 Å². The number of hydrogen-bond donors (Lipinski definition) is 3. The van der Waals surface area contributed by atoms with Crippen LogP contribution in [0.25, 0.3) is 0 Å². The first-order valence-corrected chi connectivity index (χ1v) is 5.69. The second-order valence-electron chi connectivity index (χ2n) is 5.46. The maximum atomic E-state index is 11.9. The van der Waals surface area contributed by atoms with Gasteiger partial charge < -0.3 is 21.1 Å². The summed E-state index contributed by atoms with van der Waals surface area (Å²) in [7, 11) is 0. The van der Waals surface area contributed by atoms with E-state index in [0.29, 0.717) is 13.0 Å². The van der Waals surface area contributed by atoms with Crippen molar-refractivity contribution in [2.24, 2.45) is 11.1 Å². The average Bonchev–Trinajstić information content (AvgIpc) is 2.61. The number of rotatable bonds is 3. The first kappa shape index (κ1) is 14.3. The third-order valence-electron chi connectivity index (χ3n) is 3.31. The minimum atomic E-state index is -1.34. The Balaban J connectivity index is 2.67. The van der Waals surface area contributed by atoms with Gasteiger partial charge in [0, 0.05) is 13.1 Å². The van der Waals surface area contributed by atoms with Gasteiger partial charge in [-0.25, -0.2) is 9.59 Å². The van der Waals surface area contributed by atoms with Gasteiger partial charge in [-0.15, -0.1) is 0 Å². The van der Waals surface area contributed by atoms with Crippen LogP contribution in [0.2, 0.25) is 0 Å². The standard InChI is InChI=1S/C11H19N3O4/c1-10(2,8(16)17)13-9(18)14-5-4-11(3,6-14)7(12)15/h4-6H2,1-3H3,(H2,12,15)(H,13,18)(H,16,17). The van der Waals surface area contributed by atoms with Gasteiger partial charge in [-0.3, -0.25) is 4.79 Å². The molecule has 7 nitrogen and oxygen atoms in total. The van der Waals surface area contributed by atoms with Crippen molar-refractivity contribution in [3.63, 3.8) is 0 Å². The van der Waals surface area contributed by atoms with Crippen LogP contribution in [-0.2, 0) is 9.59 Å². The van der Waals surface area contributed by atoms with E-state index in [4.69, 9.17) is 10.8 Å². The number of urea groups is 1. The Morgan fingerprint density at radius 3 is 2.33 bits per heavy atom. The zero-order chi connectivity index (χ0) is 14.1. The Hall–Kier alpha value is -1.79. The van der Waals surface area contributed by atoms with Crippen molar-refractivity contribution in [2.75, 3.05) is 13.1 Å². The molecule has 0 saturated carbocycles. The van der Waals surface area contributed by atoms with Crippen LogP contribution >= 0.6 is 0 Å². The molecule has 1 unspecified atom stereocenters. The van der Waals surface area contributed by atoms with Crippen molar-refractivity contribution in [3.8, 4) is 0 Å². The van der Waals surface area contributed by atoms with E-state index in [1.807, 2.05) is 0 Å². The lowest BCUT2D eigenvalue weighted by atomic mass is 9.89. The van der Waals surface area contributed by atoms with E-state index >= 15 is 0 Å². The summed E-state index contributed by atoms with van der Waals surface area (Å²) in [4.78, 5) is 35.4. The number of carbonyl (C=O) groups excluding carboxylic acids is 2. The van der Waals surface area contributed by atoms with E-state index in [9.17, 15) is 14.4 Å². The molecule has 7 heteroatoms. The second kappa shape index (κ2) is 4.47. The van der Waals surface area contributed by atoms with Gasteiger partial charge in [-0.1, -0.05) is 0 Å². The number of amides is 3. The average molecular weight is 257 g/mol. The Bertz CT molecular complexity index is 394. The predicted octanol–water partition coefficient (Wildman–Crippen LogP) is -0.243. The quantitative estimate of drug-likeness (QED) is 0.647. The lowest BCUT2D eigenvalue weighted by Gasteiger charge is -2.26. The fraction of sp³-hybridized carbons (Fsp3) is 0.727. The summed E-state index contributed by atoms with van der Waals surface area (Å²) in [6, 6.07) is -0.493. The number of likely N-dealkylation sites (tertiary alicyclic amines) is 1. The van der Waals surface area contributed by atoms with Gasteiger partial charge in [0.2, 0.25) is 5.91 Å². The van der Waals surface area contributed by atoms with Crippen LogP contribution in [-0.4, -0.2) is 46.5 Å². The van der Waals surface area contributed by atoms with Crippen LogP contribution in [0.5, 0.6) is 0 Å². The third kappa shape index (κ3) is 2.72. The van der Waals surface area contributed by atoms with Gasteiger partial charge >= 0.3 is 12.0 Å². The molecule has 1 aliphatic heterocycles. The summed E-state index contributed by atoms with van der Waals surface area (Å²) in [6.45, 7) is 5.10. The molecule has 0 aromatic carbocycles. The van der Waals surface area contributed by atoms with Crippen molar-refractivity contribution >= 4 is 17.9 Å². The van der Waals surface area contributed by atoms with Gasteiger partial charge in [-0.2, -0.15) is 0 Å². The minimum absolute atomic E-state index is 0.212. The molecule has 1 rings (SSSR count). The molecule has 18 heavy (non-hydrogen) atoms. The highest BCUT2D eigenvalue weighted by molar-refractivity contribution is 5.87. The van der Waals surface area contributed by atoms with Gasteiger partial charge in [0.15, 0.2) is 0 Å². The molecule has 4 N–H and O–H groups in total. The first-order chi connectivity index (χ1) is 8.08. The fourth-order valence-electron chi connectivity index (χ4n) is 1.74. The van der Waals surface area contributed by atoms with Crippen molar-refractivity contribution in [1.82, 2.24) is 10.2 Å². The van der Waals surface area contributed by atoms with Gasteiger partial charge in [0.05, 0.1) is 5.41 Å². The summed E-state index contributed by atoms with van der Waals surface area (Å²) < 4.78 is 0. The number of carboxylic acid groups (broad SMARTS) is 1. The third-order valence-corrected chi connectivity index (χ3v) is 3.31. The summed E-state index contributed by atoms with van der Waals surface area (Å²) in [5.41, 5.74) is 3.20. The second-order valence-corrected chi connectivity index (χ2v) is 5.46. The molecular weight excluding hydrogens is 238 g/mol. The number of aliphatic carboxylic acids is 1. The van der Waals surface area contributed by atoms with Crippen LogP contribution in [0.1, 0.15) is 27.2 Å². The van der Waals surface area contributed by atoms with Crippen LogP contribution in [0.4, 0.5) is 4.79 Å². The normalized spacial score (nSPS) is 23.8. The van der Waals surface area contributed by atoms with Gasteiger partial charge in [-0.05, 0) is 27.2 Å². The highest BCUT2D eigenvalue weighted by Gasteiger charge is 2.42. The molecule has 3 amide bonds. The highest BCUT2D eigenvalue weighted by atomic mass is 16.4. The number of nitrogens with one attached hydrogen (secondary N) is 1. The molecule has 0 radical (unpaired) electrons. The number of carbonyl (C=O) groups is 3. The number of carboxylic acids is 1. The van der Waals surface area contributed by atoms with E-state index in [1.54, 1.807) is 6.92 Å².